The van der Waals surface area contributed by atoms with E-state index in [4.69, 9.17) is 21.1 Å². The number of fused-ring (bicyclic) bond motifs is 1. The molecule has 5 heteroatoms. The van der Waals surface area contributed by atoms with Crippen LogP contribution in [0.3, 0.4) is 0 Å². The van der Waals surface area contributed by atoms with E-state index < -0.39 is 0 Å². The Kier molecular flexibility index (Phi) is 3.48. The molecular weight excluding hydrogens is 278 g/mol. The Labute approximate surface area is 121 Å². The maximum atomic E-state index is 12.1. The SMILES string of the molecule is O=C(Nc1ccc2c(c1)OCCO2)c1ccc(Cl)cc1. The van der Waals surface area contributed by atoms with E-state index in [1.54, 1.807) is 42.5 Å². The fraction of sp³-hybridized carbons (Fsp3) is 0.133. The molecule has 0 aliphatic carbocycles. The zero-order chi connectivity index (χ0) is 13.9. The highest BCUT2D eigenvalue weighted by atomic mass is 35.5. The van der Waals surface area contributed by atoms with Gasteiger partial charge in [-0.25, -0.2) is 0 Å². The molecule has 2 aromatic rings. The minimum Gasteiger partial charge on any atom is -0.486 e. The van der Waals surface area contributed by atoms with Crippen LogP contribution in [0.2, 0.25) is 5.02 Å². The number of hydrogen-bond acceptors (Lipinski definition) is 3. The van der Waals surface area contributed by atoms with Crippen molar-refractivity contribution in [3.05, 3.63) is 53.1 Å². The van der Waals surface area contributed by atoms with E-state index in [2.05, 4.69) is 5.32 Å². The zero-order valence-electron chi connectivity index (χ0n) is 10.6. The summed E-state index contributed by atoms with van der Waals surface area (Å²) in [6.07, 6.45) is 0. The van der Waals surface area contributed by atoms with Gasteiger partial charge in [0.1, 0.15) is 13.2 Å². The van der Waals surface area contributed by atoms with E-state index in [-0.39, 0.29) is 5.91 Å². The van der Waals surface area contributed by atoms with Crippen LogP contribution in [-0.2, 0) is 0 Å². The molecule has 1 aliphatic rings. The number of anilines is 1. The third-order valence-electron chi connectivity index (χ3n) is 2.91. The van der Waals surface area contributed by atoms with Crippen molar-refractivity contribution in [2.75, 3.05) is 18.5 Å². The van der Waals surface area contributed by atoms with E-state index in [0.29, 0.717) is 41.0 Å². The summed E-state index contributed by atoms with van der Waals surface area (Å²) in [4.78, 5) is 12.1. The Morgan fingerprint density at radius 1 is 1.00 bits per heavy atom. The summed E-state index contributed by atoms with van der Waals surface area (Å²) in [5.74, 6) is 1.14. The van der Waals surface area contributed by atoms with Crippen molar-refractivity contribution in [3.8, 4) is 11.5 Å². The molecule has 3 rings (SSSR count). The molecule has 1 N–H and O–H groups in total. The molecule has 1 heterocycles. The molecule has 0 unspecified atom stereocenters. The molecule has 2 aromatic carbocycles. The lowest BCUT2D eigenvalue weighted by atomic mass is 10.2. The number of hydrogen-bond donors (Lipinski definition) is 1. The van der Waals surface area contributed by atoms with Gasteiger partial charge in [0, 0.05) is 22.3 Å². The molecule has 0 bridgehead atoms. The maximum absolute atomic E-state index is 12.1. The van der Waals surface area contributed by atoms with Gasteiger partial charge in [0.2, 0.25) is 0 Å². The van der Waals surface area contributed by atoms with E-state index in [0.717, 1.165) is 0 Å². The van der Waals surface area contributed by atoms with Crippen LogP contribution in [0.15, 0.2) is 42.5 Å². The summed E-state index contributed by atoms with van der Waals surface area (Å²) >= 11 is 5.79. The van der Waals surface area contributed by atoms with Crippen LogP contribution in [0.25, 0.3) is 0 Å². The summed E-state index contributed by atoms with van der Waals surface area (Å²) in [6, 6.07) is 12.0. The first-order valence-corrected chi connectivity index (χ1v) is 6.57. The number of halogens is 1. The predicted octanol–water partition coefficient (Wildman–Crippen LogP) is 3.36. The number of amides is 1. The smallest absolute Gasteiger partial charge is 0.255 e. The molecule has 1 aliphatic heterocycles. The lowest BCUT2D eigenvalue weighted by Crippen LogP contribution is -2.16. The van der Waals surface area contributed by atoms with E-state index in [1.807, 2.05) is 0 Å². The lowest BCUT2D eigenvalue weighted by molar-refractivity contribution is 0.102. The first-order valence-electron chi connectivity index (χ1n) is 6.19. The highest BCUT2D eigenvalue weighted by Gasteiger charge is 2.13. The second-order valence-corrected chi connectivity index (χ2v) is 4.76. The van der Waals surface area contributed by atoms with Crippen molar-refractivity contribution >= 4 is 23.2 Å². The van der Waals surface area contributed by atoms with Crippen LogP contribution in [0.1, 0.15) is 10.4 Å². The van der Waals surface area contributed by atoms with Gasteiger partial charge in [-0.2, -0.15) is 0 Å². The van der Waals surface area contributed by atoms with Crippen molar-refractivity contribution in [3.63, 3.8) is 0 Å². The summed E-state index contributed by atoms with van der Waals surface area (Å²) in [5.41, 5.74) is 1.21. The molecule has 20 heavy (non-hydrogen) atoms. The topological polar surface area (TPSA) is 47.6 Å². The molecule has 102 valence electrons. The highest BCUT2D eigenvalue weighted by Crippen LogP contribution is 2.32. The minimum atomic E-state index is -0.196. The van der Waals surface area contributed by atoms with Crippen LogP contribution in [0, 0.1) is 0 Å². The number of nitrogens with one attached hydrogen (secondary N) is 1. The van der Waals surface area contributed by atoms with E-state index >= 15 is 0 Å². The number of carbonyl (C=O) groups excluding carboxylic acids is 1. The van der Waals surface area contributed by atoms with Crippen LogP contribution in [0.4, 0.5) is 5.69 Å². The first-order chi connectivity index (χ1) is 9.72. The van der Waals surface area contributed by atoms with Crippen LogP contribution < -0.4 is 14.8 Å². The molecule has 0 radical (unpaired) electrons. The van der Waals surface area contributed by atoms with Gasteiger partial charge in [-0.05, 0) is 36.4 Å². The number of carbonyl (C=O) groups is 1. The summed E-state index contributed by atoms with van der Waals surface area (Å²) in [7, 11) is 0. The van der Waals surface area contributed by atoms with Gasteiger partial charge in [0.05, 0.1) is 0 Å². The Morgan fingerprint density at radius 3 is 2.45 bits per heavy atom. The zero-order valence-corrected chi connectivity index (χ0v) is 11.3. The average molecular weight is 290 g/mol. The Hall–Kier alpha value is -2.20. The maximum Gasteiger partial charge on any atom is 0.255 e. The van der Waals surface area contributed by atoms with Gasteiger partial charge in [0.15, 0.2) is 11.5 Å². The molecule has 0 spiro atoms. The quantitative estimate of drug-likeness (QED) is 0.922. The Balaban J connectivity index is 1.77. The monoisotopic (exact) mass is 289 g/mol. The summed E-state index contributed by atoms with van der Waals surface area (Å²) in [5, 5.41) is 3.41. The van der Waals surface area contributed by atoms with Crippen LogP contribution in [0.5, 0.6) is 11.5 Å². The molecule has 0 saturated heterocycles. The largest absolute Gasteiger partial charge is 0.486 e. The molecular formula is C15H12ClNO3. The third-order valence-corrected chi connectivity index (χ3v) is 3.16. The van der Waals surface area contributed by atoms with Crippen molar-refractivity contribution < 1.29 is 14.3 Å². The van der Waals surface area contributed by atoms with Gasteiger partial charge >= 0.3 is 0 Å². The second kappa shape index (κ2) is 5.43. The van der Waals surface area contributed by atoms with Crippen molar-refractivity contribution in [1.82, 2.24) is 0 Å². The Morgan fingerprint density at radius 2 is 1.70 bits per heavy atom. The number of benzene rings is 2. The number of ether oxygens (including phenoxy) is 2. The molecule has 0 aromatic heterocycles. The van der Waals surface area contributed by atoms with Crippen molar-refractivity contribution in [2.24, 2.45) is 0 Å². The van der Waals surface area contributed by atoms with E-state index in [9.17, 15) is 4.79 Å². The van der Waals surface area contributed by atoms with Crippen molar-refractivity contribution in [2.45, 2.75) is 0 Å². The first kappa shape index (κ1) is 12.8. The highest BCUT2D eigenvalue weighted by molar-refractivity contribution is 6.30. The van der Waals surface area contributed by atoms with Gasteiger partial charge in [0.25, 0.3) is 5.91 Å². The van der Waals surface area contributed by atoms with Gasteiger partial charge in [-0.15, -0.1) is 0 Å². The lowest BCUT2D eigenvalue weighted by Gasteiger charge is -2.19. The minimum absolute atomic E-state index is 0.196. The van der Waals surface area contributed by atoms with Crippen LogP contribution in [-0.4, -0.2) is 19.1 Å². The average Bonchev–Trinajstić information content (AvgIpc) is 2.48. The second-order valence-electron chi connectivity index (χ2n) is 4.32. The normalized spacial score (nSPS) is 12.8. The molecule has 0 fully saturated rings. The summed E-state index contributed by atoms with van der Waals surface area (Å²) in [6.45, 7) is 1.06. The summed E-state index contributed by atoms with van der Waals surface area (Å²) < 4.78 is 10.9. The predicted molar refractivity (Wildman–Crippen MR) is 76.8 cm³/mol. The molecule has 0 saturated carbocycles. The standard InChI is InChI=1S/C15H12ClNO3/c16-11-3-1-10(2-4-11)15(18)17-12-5-6-13-14(9-12)20-8-7-19-13/h1-6,9H,7-8H2,(H,17,18). The number of rotatable bonds is 2. The van der Waals surface area contributed by atoms with Gasteiger partial charge < -0.3 is 14.8 Å². The van der Waals surface area contributed by atoms with Crippen LogP contribution >= 0.6 is 11.6 Å². The van der Waals surface area contributed by atoms with Crippen molar-refractivity contribution in [1.29, 1.82) is 0 Å². The molecule has 1 amide bonds. The van der Waals surface area contributed by atoms with Gasteiger partial charge in [-0.3, -0.25) is 4.79 Å². The third kappa shape index (κ3) is 2.70. The Bertz CT molecular complexity index is 640. The fourth-order valence-electron chi connectivity index (χ4n) is 1.93. The van der Waals surface area contributed by atoms with E-state index in [1.165, 1.54) is 0 Å². The molecule has 0 atom stereocenters. The van der Waals surface area contributed by atoms with Gasteiger partial charge in [-0.1, -0.05) is 11.6 Å². The molecule has 4 nitrogen and oxygen atoms in total. The fourth-order valence-corrected chi connectivity index (χ4v) is 2.05.